The zero-order valence-corrected chi connectivity index (χ0v) is 13.0. The third kappa shape index (κ3) is 1.96. The van der Waals surface area contributed by atoms with Crippen molar-refractivity contribution >= 4 is 34.4 Å². The van der Waals surface area contributed by atoms with Gasteiger partial charge >= 0.3 is 0 Å². The van der Waals surface area contributed by atoms with Crippen molar-refractivity contribution in [1.82, 2.24) is 10.2 Å². The normalized spacial score (nSPS) is 20.5. The highest BCUT2D eigenvalue weighted by molar-refractivity contribution is 6.26. The van der Waals surface area contributed by atoms with E-state index in [1.165, 1.54) is 0 Å². The van der Waals surface area contributed by atoms with Gasteiger partial charge in [-0.05, 0) is 36.4 Å². The van der Waals surface area contributed by atoms with Crippen molar-refractivity contribution in [3.05, 3.63) is 47.0 Å². The lowest BCUT2D eigenvalue weighted by Gasteiger charge is -2.34. The van der Waals surface area contributed by atoms with Crippen molar-refractivity contribution in [1.29, 1.82) is 0 Å². The van der Waals surface area contributed by atoms with Crippen molar-refractivity contribution in [3.63, 3.8) is 0 Å². The zero-order chi connectivity index (χ0) is 17.0. The highest BCUT2D eigenvalue weighted by Gasteiger charge is 2.42. The molecule has 0 bridgehead atoms. The van der Waals surface area contributed by atoms with E-state index in [4.69, 9.17) is 0 Å². The van der Waals surface area contributed by atoms with Crippen LogP contribution in [-0.4, -0.2) is 34.6 Å². The van der Waals surface area contributed by atoms with Crippen LogP contribution in [0.2, 0.25) is 0 Å². The summed E-state index contributed by atoms with van der Waals surface area (Å²) in [5.74, 6) is -1.96. The molecule has 1 unspecified atom stereocenters. The molecule has 4 rings (SSSR count). The summed E-state index contributed by atoms with van der Waals surface area (Å²) in [7, 11) is 0. The molecule has 1 atom stereocenters. The molecule has 2 heterocycles. The molecule has 0 saturated carbocycles. The second-order valence-corrected chi connectivity index (χ2v) is 6.16. The number of aryl methyl sites for hydroxylation is 1. The van der Waals surface area contributed by atoms with Crippen molar-refractivity contribution in [2.45, 2.75) is 25.8 Å². The van der Waals surface area contributed by atoms with E-state index in [9.17, 15) is 19.2 Å². The molecule has 0 aromatic heterocycles. The Morgan fingerprint density at radius 1 is 1.04 bits per heavy atom. The number of hydrogen-bond donors (Lipinski definition) is 1. The second kappa shape index (κ2) is 4.99. The van der Waals surface area contributed by atoms with Crippen molar-refractivity contribution in [2.75, 3.05) is 0 Å². The molecule has 0 aliphatic carbocycles. The van der Waals surface area contributed by atoms with Crippen molar-refractivity contribution in [2.24, 2.45) is 0 Å². The Kier molecular flexibility index (Phi) is 3.03. The van der Waals surface area contributed by atoms with Gasteiger partial charge in [-0.1, -0.05) is 18.2 Å². The zero-order valence-electron chi connectivity index (χ0n) is 13.0. The van der Waals surface area contributed by atoms with Crippen LogP contribution in [-0.2, 0) is 9.59 Å². The van der Waals surface area contributed by atoms with Gasteiger partial charge < -0.3 is 0 Å². The molecule has 120 valence electrons. The molecule has 2 aromatic rings. The molecule has 0 spiro atoms. The Labute approximate surface area is 137 Å². The second-order valence-electron chi connectivity index (χ2n) is 6.16. The Morgan fingerprint density at radius 2 is 1.79 bits per heavy atom. The first-order chi connectivity index (χ1) is 11.5. The first-order valence-electron chi connectivity index (χ1n) is 7.72. The molecule has 1 fully saturated rings. The first kappa shape index (κ1) is 14.6. The quantitative estimate of drug-likeness (QED) is 0.808. The van der Waals surface area contributed by atoms with Gasteiger partial charge in [0, 0.05) is 22.9 Å². The van der Waals surface area contributed by atoms with Gasteiger partial charge in [-0.2, -0.15) is 0 Å². The van der Waals surface area contributed by atoms with Gasteiger partial charge in [0.25, 0.3) is 11.8 Å². The molecular formula is C18H14N2O4. The van der Waals surface area contributed by atoms with Crippen LogP contribution in [0.1, 0.15) is 39.1 Å². The average molecular weight is 322 g/mol. The maximum Gasteiger partial charge on any atom is 0.262 e. The molecule has 6 nitrogen and oxygen atoms in total. The van der Waals surface area contributed by atoms with Gasteiger partial charge in [0.15, 0.2) is 0 Å². The van der Waals surface area contributed by atoms with Crippen LogP contribution in [0.15, 0.2) is 30.3 Å². The Balaban J connectivity index is 1.89. The van der Waals surface area contributed by atoms with E-state index in [0.717, 1.165) is 15.8 Å². The topological polar surface area (TPSA) is 83.6 Å². The standard InChI is InChI=1S/C18H14N2O4/c1-9-7-10-3-2-4-11-15(10)12(8-9)18(24)20(17(11)23)13-5-6-14(21)19-16(13)22/h2-4,7-8,13H,5-6H2,1H3,(H,19,21,22). The van der Waals surface area contributed by atoms with Crippen LogP contribution >= 0.6 is 0 Å². The number of benzene rings is 2. The summed E-state index contributed by atoms with van der Waals surface area (Å²) in [6.45, 7) is 1.88. The first-order valence-corrected chi connectivity index (χ1v) is 7.72. The number of nitrogens with zero attached hydrogens (tertiary/aromatic N) is 1. The minimum atomic E-state index is -0.952. The summed E-state index contributed by atoms with van der Waals surface area (Å²) in [6.07, 6.45) is 0.262. The van der Waals surface area contributed by atoms with E-state index < -0.39 is 23.8 Å². The number of carbonyl (C=O) groups excluding carboxylic acids is 4. The Hall–Kier alpha value is -3.02. The summed E-state index contributed by atoms with van der Waals surface area (Å²) in [6, 6.07) is 7.99. The summed E-state index contributed by atoms with van der Waals surface area (Å²) < 4.78 is 0. The van der Waals surface area contributed by atoms with E-state index >= 15 is 0 Å². The van der Waals surface area contributed by atoms with E-state index in [1.54, 1.807) is 18.2 Å². The van der Waals surface area contributed by atoms with Crippen LogP contribution in [0.3, 0.4) is 0 Å². The van der Waals surface area contributed by atoms with Gasteiger partial charge in [0.2, 0.25) is 11.8 Å². The lowest BCUT2D eigenvalue weighted by molar-refractivity contribution is -0.136. The monoisotopic (exact) mass is 322 g/mol. The highest BCUT2D eigenvalue weighted by Crippen LogP contribution is 2.33. The number of carbonyl (C=O) groups is 4. The minimum Gasteiger partial charge on any atom is -0.295 e. The minimum absolute atomic E-state index is 0.109. The van der Waals surface area contributed by atoms with Crippen LogP contribution < -0.4 is 5.32 Å². The van der Waals surface area contributed by atoms with Gasteiger partial charge in [0.05, 0.1) is 0 Å². The SMILES string of the molecule is Cc1cc2c3c(cccc3c1)C(=O)N(C1CCC(=O)NC1=O)C2=O. The molecule has 6 heteroatoms. The molecule has 2 aliphatic rings. The van der Waals surface area contributed by atoms with Crippen LogP contribution in [0, 0.1) is 6.92 Å². The number of hydrogen-bond acceptors (Lipinski definition) is 4. The van der Waals surface area contributed by atoms with Gasteiger partial charge in [-0.25, -0.2) is 0 Å². The fourth-order valence-electron chi connectivity index (χ4n) is 3.49. The van der Waals surface area contributed by atoms with E-state index in [2.05, 4.69) is 5.32 Å². The van der Waals surface area contributed by atoms with Gasteiger partial charge in [-0.15, -0.1) is 0 Å². The van der Waals surface area contributed by atoms with E-state index in [1.807, 2.05) is 19.1 Å². The number of piperidine rings is 1. The maximum atomic E-state index is 12.9. The Morgan fingerprint density at radius 3 is 2.54 bits per heavy atom. The van der Waals surface area contributed by atoms with Crippen LogP contribution in [0.25, 0.3) is 10.8 Å². The molecule has 2 aliphatic heterocycles. The fourth-order valence-corrected chi connectivity index (χ4v) is 3.49. The molecule has 24 heavy (non-hydrogen) atoms. The Bertz CT molecular complexity index is 947. The number of nitrogens with one attached hydrogen (secondary N) is 1. The van der Waals surface area contributed by atoms with Gasteiger partial charge in [-0.3, -0.25) is 29.4 Å². The third-order valence-electron chi connectivity index (χ3n) is 4.54. The largest absolute Gasteiger partial charge is 0.295 e. The summed E-state index contributed by atoms with van der Waals surface area (Å²) in [4.78, 5) is 50.3. The lowest BCUT2D eigenvalue weighted by Crippen LogP contribution is -2.57. The van der Waals surface area contributed by atoms with E-state index in [-0.39, 0.29) is 18.7 Å². The smallest absolute Gasteiger partial charge is 0.262 e. The predicted octanol–water partition coefficient (Wildman–Crippen LogP) is 1.55. The molecule has 4 amide bonds. The highest BCUT2D eigenvalue weighted by atomic mass is 16.2. The summed E-state index contributed by atoms with van der Waals surface area (Å²) in [5.41, 5.74) is 1.73. The molecule has 0 radical (unpaired) electrons. The van der Waals surface area contributed by atoms with Crippen LogP contribution in [0.5, 0.6) is 0 Å². The number of rotatable bonds is 1. The summed E-state index contributed by atoms with van der Waals surface area (Å²) >= 11 is 0. The predicted molar refractivity (Wildman–Crippen MR) is 85.4 cm³/mol. The van der Waals surface area contributed by atoms with Crippen molar-refractivity contribution in [3.8, 4) is 0 Å². The van der Waals surface area contributed by atoms with E-state index in [0.29, 0.717) is 16.5 Å². The maximum absolute atomic E-state index is 12.9. The lowest BCUT2D eigenvalue weighted by atomic mass is 9.90. The van der Waals surface area contributed by atoms with Crippen molar-refractivity contribution < 1.29 is 19.2 Å². The molecular weight excluding hydrogens is 308 g/mol. The average Bonchev–Trinajstić information content (AvgIpc) is 2.54. The van der Waals surface area contributed by atoms with Gasteiger partial charge in [0.1, 0.15) is 6.04 Å². The number of imide groups is 2. The molecule has 2 aromatic carbocycles. The third-order valence-corrected chi connectivity index (χ3v) is 4.54. The van der Waals surface area contributed by atoms with Crippen LogP contribution in [0.4, 0.5) is 0 Å². The summed E-state index contributed by atoms with van der Waals surface area (Å²) in [5, 5.41) is 3.66. The fraction of sp³-hybridized carbons (Fsp3) is 0.222. The molecule has 1 N–H and O–H groups in total. The number of amides is 4. The molecule has 1 saturated heterocycles.